The zero-order valence-electron chi connectivity index (χ0n) is 17.9. The molecule has 0 spiro atoms. The minimum absolute atomic E-state index is 0.288. The first-order chi connectivity index (χ1) is 15.0. The fourth-order valence-electron chi connectivity index (χ4n) is 3.63. The Kier molecular flexibility index (Phi) is 5.58. The van der Waals surface area contributed by atoms with Crippen molar-refractivity contribution in [2.24, 2.45) is 0 Å². The number of hydrogen-bond acceptors (Lipinski definition) is 4. The molecular weight excluding hydrogens is 386 g/mol. The topological polar surface area (TPSA) is 52.7 Å². The van der Waals surface area contributed by atoms with Crippen LogP contribution in [0.1, 0.15) is 18.1 Å². The summed E-state index contributed by atoms with van der Waals surface area (Å²) in [7, 11) is 3.85. The molecule has 1 N–H and O–H groups in total. The summed E-state index contributed by atoms with van der Waals surface area (Å²) in [4.78, 5) is 30.2. The molecule has 31 heavy (non-hydrogen) atoms. The predicted octanol–water partition coefficient (Wildman–Crippen LogP) is 4.71. The summed E-state index contributed by atoms with van der Waals surface area (Å²) >= 11 is 0. The van der Waals surface area contributed by atoms with Gasteiger partial charge in [0.15, 0.2) is 0 Å². The SMILES string of the molecule is CCc1ccc(NC2=C(c3ccccc3)C(=O)N(c3cccc(N(C)C)c3)C2=O)cc1. The number of amides is 2. The van der Waals surface area contributed by atoms with Crippen molar-refractivity contribution in [2.45, 2.75) is 13.3 Å². The lowest BCUT2D eigenvalue weighted by Gasteiger charge is -2.19. The van der Waals surface area contributed by atoms with Gasteiger partial charge in [0.05, 0.1) is 11.3 Å². The van der Waals surface area contributed by atoms with Crippen molar-refractivity contribution in [1.29, 1.82) is 0 Å². The van der Waals surface area contributed by atoms with E-state index < -0.39 is 0 Å². The molecule has 0 unspecified atom stereocenters. The van der Waals surface area contributed by atoms with Crippen LogP contribution in [0.25, 0.3) is 5.57 Å². The van der Waals surface area contributed by atoms with Crippen LogP contribution < -0.4 is 15.1 Å². The summed E-state index contributed by atoms with van der Waals surface area (Å²) in [5, 5.41) is 3.22. The molecule has 1 heterocycles. The maximum Gasteiger partial charge on any atom is 0.282 e. The monoisotopic (exact) mass is 411 g/mol. The predicted molar refractivity (Wildman–Crippen MR) is 126 cm³/mol. The van der Waals surface area contributed by atoms with E-state index in [4.69, 9.17) is 0 Å². The highest BCUT2D eigenvalue weighted by Crippen LogP contribution is 2.34. The van der Waals surface area contributed by atoms with Crippen LogP contribution >= 0.6 is 0 Å². The molecule has 5 nitrogen and oxygen atoms in total. The summed E-state index contributed by atoms with van der Waals surface area (Å²) < 4.78 is 0. The molecule has 0 aliphatic carbocycles. The number of carbonyl (C=O) groups is 2. The molecule has 0 atom stereocenters. The zero-order valence-corrected chi connectivity index (χ0v) is 17.9. The number of rotatable bonds is 6. The average molecular weight is 412 g/mol. The fourth-order valence-corrected chi connectivity index (χ4v) is 3.63. The Morgan fingerprint density at radius 1 is 0.839 bits per heavy atom. The van der Waals surface area contributed by atoms with E-state index in [0.717, 1.165) is 17.8 Å². The highest BCUT2D eigenvalue weighted by Gasteiger charge is 2.40. The Hall–Kier alpha value is -3.86. The van der Waals surface area contributed by atoms with Crippen molar-refractivity contribution < 1.29 is 9.59 Å². The molecule has 1 aliphatic rings. The summed E-state index contributed by atoms with van der Waals surface area (Å²) in [6, 6.07) is 24.6. The van der Waals surface area contributed by atoms with Crippen molar-refractivity contribution >= 4 is 34.4 Å². The van der Waals surface area contributed by atoms with Crippen molar-refractivity contribution in [3.63, 3.8) is 0 Å². The average Bonchev–Trinajstić information content (AvgIpc) is 3.04. The van der Waals surface area contributed by atoms with Gasteiger partial charge in [0, 0.05) is 25.5 Å². The van der Waals surface area contributed by atoms with Gasteiger partial charge in [0.25, 0.3) is 11.8 Å². The molecule has 0 bridgehead atoms. The number of benzene rings is 3. The van der Waals surface area contributed by atoms with E-state index in [0.29, 0.717) is 16.8 Å². The molecule has 2 amide bonds. The second kappa shape index (κ2) is 8.48. The number of carbonyl (C=O) groups excluding carboxylic acids is 2. The molecule has 0 fully saturated rings. The lowest BCUT2D eigenvalue weighted by atomic mass is 10.0. The smallest absolute Gasteiger partial charge is 0.282 e. The number of hydrogen-bond donors (Lipinski definition) is 1. The number of nitrogens with zero attached hydrogens (tertiary/aromatic N) is 2. The Morgan fingerprint density at radius 2 is 1.55 bits per heavy atom. The van der Waals surface area contributed by atoms with E-state index in [-0.39, 0.29) is 17.5 Å². The molecule has 0 radical (unpaired) electrons. The zero-order chi connectivity index (χ0) is 22.0. The van der Waals surface area contributed by atoms with Gasteiger partial charge in [0.1, 0.15) is 5.70 Å². The van der Waals surface area contributed by atoms with E-state index >= 15 is 0 Å². The van der Waals surface area contributed by atoms with E-state index in [1.807, 2.05) is 91.8 Å². The number of nitrogens with one attached hydrogen (secondary N) is 1. The minimum atomic E-state index is -0.362. The molecule has 0 aromatic heterocycles. The first-order valence-electron chi connectivity index (χ1n) is 10.3. The van der Waals surface area contributed by atoms with Crippen LogP contribution in [0.4, 0.5) is 17.1 Å². The summed E-state index contributed by atoms with van der Waals surface area (Å²) in [5.41, 5.74) is 4.81. The first kappa shape index (κ1) is 20.4. The van der Waals surface area contributed by atoms with Gasteiger partial charge >= 0.3 is 0 Å². The lowest BCUT2D eigenvalue weighted by molar-refractivity contribution is -0.120. The van der Waals surface area contributed by atoms with Gasteiger partial charge in [-0.2, -0.15) is 0 Å². The van der Waals surface area contributed by atoms with Crippen LogP contribution in [0.3, 0.4) is 0 Å². The van der Waals surface area contributed by atoms with E-state index in [1.165, 1.54) is 10.5 Å². The number of aryl methyl sites for hydroxylation is 1. The van der Waals surface area contributed by atoms with Crippen molar-refractivity contribution in [1.82, 2.24) is 0 Å². The van der Waals surface area contributed by atoms with Crippen LogP contribution in [-0.2, 0) is 16.0 Å². The normalized spacial score (nSPS) is 13.7. The maximum atomic E-state index is 13.5. The summed E-state index contributed by atoms with van der Waals surface area (Å²) in [6.07, 6.45) is 0.936. The fraction of sp³-hybridized carbons (Fsp3) is 0.154. The third kappa shape index (κ3) is 3.94. The second-order valence-corrected chi connectivity index (χ2v) is 7.65. The van der Waals surface area contributed by atoms with E-state index in [2.05, 4.69) is 12.2 Å². The lowest BCUT2D eigenvalue weighted by Crippen LogP contribution is -2.32. The van der Waals surface area contributed by atoms with Crippen molar-refractivity contribution in [3.8, 4) is 0 Å². The van der Waals surface area contributed by atoms with Crippen molar-refractivity contribution in [2.75, 3.05) is 29.2 Å². The summed E-state index contributed by atoms with van der Waals surface area (Å²) in [6.45, 7) is 2.09. The second-order valence-electron chi connectivity index (χ2n) is 7.65. The number of imide groups is 1. The molecule has 5 heteroatoms. The van der Waals surface area contributed by atoms with Crippen LogP contribution in [0, 0.1) is 0 Å². The first-order valence-corrected chi connectivity index (χ1v) is 10.3. The minimum Gasteiger partial charge on any atom is -0.378 e. The number of anilines is 3. The largest absolute Gasteiger partial charge is 0.378 e. The Morgan fingerprint density at radius 3 is 2.19 bits per heavy atom. The van der Waals surface area contributed by atoms with Crippen LogP contribution in [-0.4, -0.2) is 25.9 Å². The molecule has 1 aliphatic heterocycles. The van der Waals surface area contributed by atoms with Crippen LogP contribution in [0.2, 0.25) is 0 Å². The van der Waals surface area contributed by atoms with Gasteiger partial charge in [-0.15, -0.1) is 0 Å². The molecular formula is C26H25N3O2. The maximum absolute atomic E-state index is 13.5. The Bertz CT molecular complexity index is 1150. The van der Waals surface area contributed by atoms with E-state index in [9.17, 15) is 9.59 Å². The third-order valence-electron chi connectivity index (χ3n) is 5.38. The van der Waals surface area contributed by atoms with Gasteiger partial charge in [-0.25, -0.2) is 4.90 Å². The van der Waals surface area contributed by atoms with Gasteiger partial charge in [-0.1, -0.05) is 55.5 Å². The van der Waals surface area contributed by atoms with Gasteiger partial charge < -0.3 is 10.2 Å². The van der Waals surface area contributed by atoms with Gasteiger partial charge in [0.2, 0.25) is 0 Å². The molecule has 0 saturated carbocycles. The Balaban J connectivity index is 1.78. The molecule has 3 aromatic rings. The molecule has 3 aromatic carbocycles. The van der Waals surface area contributed by atoms with Gasteiger partial charge in [-0.05, 0) is 47.9 Å². The highest BCUT2D eigenvalue weighted by molar-refractivity contribution is 6.46. The summed E-state index contributed by atoms with van der Waals surface area (Å²) in [5.74, 6) is -0.695. The van der Waals surface area contributed by atoms with Crippen LogP contribution in [0.5, 0.6) is 0 Å². The molecule has 0 saturated heterocycles. The quantitative estimate of drug-likeness (QED) is 0.597. The van der Waals surface area contributed by atoms with Gasteiger partial charge in [-0.3, -0.25) is 9.59 Å². The van der Waals surface area contributed by atoms with E-state index in [1.54, 1.807) is 6.07 Å². The van der Waals surface area contributed by atoms with Crippen LogP contribution in [0.15, 0.2) is 84.6 Å². The third-order valence-corrected chi connectivity index (χ3v) is 5.38. The molecule has 4 rings (SSSR count). The standard InChI is InChI=1S/C26H25N3O2/c1-4-18-13-15-20(16-14-18)27-24-23(19-9-6-5-7-10-19)25(30)29(26(24)31)22-12-8-11-21(17-22)28(2)3/h5-17,27H,4H2,1-3H3. The Labute approximate surface area is 182 Å². The van der Waals surface area contributed by atoms with Crippen molar-refractivity contribution in [3.05, 3.63) is 95.7 Å². The highest BCUT2D eigenvalue weighted by atomic mass is 16.2. The molecule has 156 valence electrons.